The van der Waals surface area contributed by atoms with Gasteiger partial charge in [-0.05, 0) is 41.3 Å². The molecule has 4 rings (SSSR count). The van der Waals surface area contributed by atoms with Crippen molar-refractivity contribution in [3.8, 4) is 0 Å². The van der Waals surface area contributed by atoms with Crippen LogP contribution in [0.2, 0.25) is 0 Å². The van der Waals surface area contributed by atoms with Crippen LogP contribution in [0.25, 0.3) is 0 Å². The molecule has 0 radical (unpaired) electrons. The Kier molecular flexibility index (Phi) is 6.64. The summed E-state index contributed by atoms with van der Waals surface area (Å²) in [6, 6.07) is 19.0. The van der Waals surface area contributed by atoms with Crippen molar-refractivity contribution in [2.45, 2.75) is 6.54 Å². The number of morpholine rings is 1. The van der Waals surface area contributed by atoms with E-state index >= 15 is 0 Å². The highest BCUT2D eigenvalue weighted by Crippen LogP contribution is 2.23. The Morgan fingerprint density at radius 1 is 1.03 bits per heavy atom. The van der Waals surface area contributed by atoms with Crippen molar-refractivity contribution in [3.63, 3.8) is 0 Å². The lowest BCUT2D eigenvalue weighted by atomic mass is 10.1. The van der Waals surface area contributed by atoms with E-state index in [9.17, 15) is 9.59 Å². The minimum Gasteiger partial charge on any atom is -0.378 e. The largest absolute Gasteiger partial charge is 0.378 e. The van der Waals surface area contributed by atoms with Gasteiger partial charge in [-0.1, -0.05) is 30.3 Å². The molecule has 0 atom stereocenters. The van der Waals surface area contributed by atoms with Gasteiger partial charge in [-0.15, -0.1) is 11.3 Å². The van der Waals surface area contributed by atoms with E-state index in [1.165, 1.54) is 16.2 Å². The van der Waals surface area contributed by atoms with Crippen LogP contribution >= 0.6 is 11.3 Å². The van der Waals surface area contributed by atoms with Gasteiger partial charge >= 0.3 is 0 Å². The Labute approximate surface area is 186 Å². The first-order chi connectivity index (χ1) is 15.1. The Balaban J connectivity index is 1.41. The van der Waals surface area contributed by atoms with Gasteiger partial charge in [0.25, 0.3) is 11.8 Å². The number of benzene rings is 2. The molecule has 1 aromatic heterocycles. The maximum absolute atomic E-state index is 12.9. The molecule has 0 saturated carbocycles. The van der Waals surface area contributed by atoms with Crippen molar-refractivity contribution in [1.29, 1.82) is 0 Å². The number of anilines is 2. The van der Waals surface area contributed by atoms with E-state index in [0.717, 1.165) is 37.6 Å². The topological polar surface area (TPSA) is 61.9 Å². The molecule has 1 aliphatic rings. The van der Waals surface area contributed by atoms with Gasteiger partial charge in [0.05, 0.1) is 29.3 Å². The van der Waals surface area contributed by atoms with Crippen LogP contribution in [0, 0.1) is 0 Å². The molecule has 7 heteroatoms. The SMILES string of the molecule is CN(C(=O)c1cccs1)c1ccccc1C(=O)NCc1ccc(N2CCOCC2)cc1. The molecule has 6 nitrogen and oxygen atoms in total. The fourth-order valence-corrected chi connectivity index (χ4v) is 4.26. The summed E-state index contributed by atoms with van der Waals surface area (Å²) < 4.78 is 5.40. The fraction of sp³-hybridized carbons (Fsp3) is 0.250. The van der Waals surface area contributed by atoms with Crippen LogP contribution in [0.4, 0.5) is 11.4 Å². The smallest absolute Gasteiger partial charge is 0.268 e. The lowest BCUT2D eigenvalue weighted by Crippen LogP contribution is -2.36. The zero-order valence-electron chi connectivity index (χ0n) is 17.4. The first-order valence-electron chi connectivity index (χ1n) is 10.2. The van der Waals surface area contributed by atoms with Crippen molar-refractivity contribution < 1.29 is 14.3 Å². The van der Waals surface area contributed by atoms with Crippen LogP contribution in [-0.4, -0.2) is 45.2 Å². The van der Waals surface area contributed by atoms with Crippen molar-refractivity contribution in [2.75, 3.05) is 43.2 Å². The zero-order chi connectivity index (χ0) is 21.6. The lowest BCUT2D eigenvalue weighted by Gasteiger charge is -2.28. The highest BCUT2D eigenvalue weighted by Gasteiger charge is 2.20. The molecule has 160 valence electrons. The van der Waals surface area contributed by atoms with Crippen LogP contribution in [0.3, 0.4) is 0 Å². The van der Waals surface area contributed by atoms with Gasteiger partial charge in [0, 0.05) is 32.4 Å². The predicted molar refractivity (Wildman–Crippen MR) is 124 cm³/mol. The molecule has 1 aliphatic heterocycles. The normalized spacial score (nSPS) is 13.6. The van der Waals surface area contributed by atoms with Gasteiger partial charge in [0.2, 0.25) is 0 Å². The Morgan fingerprint density at radius 2 is 1.77 bits per heavy atom. The lowest BCUT2D eigenvalue weighted by molar-refractivity contribution is 0.0951. The third-order valence-corrected chi connectivity index (χ3v) is 6.17. The molecule has 3 aromatic rings. The minimum atomic E-state index is -0.210. The maximum atomic E-state index is 12.9. The molecule has 1 N–H and O–H groups in total. The standard InChI is InChI=1S/C24H25N3O3S/c1-26(24(29)22-7-4-16-31-22)21-6-3-2-5-20(21)23(28)25-17-18-8-10-19(11-9-18)27-12-14-30-15-13-27/h2-11,16H,12-15,17H2,1H3,(H,25,28). The maximum Gasteiger partial charge on any atom is 0.268 e. The number of hydrogen-bond acceptors (Lipinski definition) is 5. The predicted octanol–water partition coefficient (Wildman–Crippen LogP) is 3.79. The summed E-state index contributed by atoms with van der Waals surface area (Å²) in [6.07, 6.45) is 0. The zero-order valence-corrected chi connectivity index (χ0v) is 18.2. The fourth-order valence-electron chi connectivity index (χ4n) is 3.56. The molecule has 0 bridgehead atoms. The van der Waals surface area contributed by atoms with Crippen LogP contribution < -0.4 is 15.1 Å². The van der Waals surface area contributed by atoms with Gasteiger partial charge in [-0.2, -0.15) is 0 Å². The second-order valence-corrected chi connectivity index (χ2v) is 8.25. The molecule has 2 amide bonds. The number of carbonyl (C=O) groups is 2. The highest BCUT2D eigenvalue weighted by atomic mass is 32.1. The summed E-state index contributed by atoms with van der Waals surface area (Å²) in [5.74, 6) is -0.340. The van der Waals surface area contributed by atoms with Crippen molar-refractivity contribution in [2.24, 2.45) is 0 Å². The Morgan fingerprint density at radius 3 is 2.48 bits per heavy atom. The number of para-hydroxylation sites is 1. The number of thiophene rings is 1. The van der Waals surface area contributed by atoms with Gasteiger partial charge in [-0.3, -0.25) is 9.59 Å². The van der Waals surface area contributed by atoms with E-state index in [-0.39, 0.29) is 11.8 Å². The molecule has 1 saturated heterocycles. The molecule has 1 fully saturated rings. The van der Waals surface area contributed by atoms with E-state index in [0.29, 0.717) is 22.7 Å². The molecule has 0 aliphatic carbocycles. The van der Waals surface area contributed by atoms with Gasteiger partial charge < -0.3 is 19.9 Å². The van der Waals surface area contributed by atoms with Crippen LogP contribution in [0.1, 0.15) is 25.6 Å². The Bertz CT molecular complexity index is 1030. The average Bonchev–Trinajstić information content (AvgIpc) is 3.37. The quantitative estimate of drug-likeness (QED) is 0.640. The molecule has 0 unspecified atom stereocenters. The molecule has 2 heterocycles. The Hall–Kier alpha value is -3.16. The van der Waals surface area contributed by atoms with E-state index in [2.05, 4.69) is 22.3 Å². The first kappa shape index (κ1) is 21.1. The molecular weight excluding hydrogens is 410 g/mol. The van der Waals surface area contributed by atoms with Gasteiger partial charge in [0.1, 0.15) is 0 Å². The average molecular weight is 436 g/mol. The number of amides is 2. The molecule has 31 heavy (non-hydrogen) atoms. The van der Waals surface area contributed by atoms with E-state index in [1.54, 1.807) is 31.3 Å². The molecule has 2 aromatic carbocycles. The summed E-state index contributed by atoms with van der Waals surface area (Å²) in [7, 11) is 1.69. The molecule has 0 spiro atoms. The van der Waals surface area contributed by atoms with Crippen LogP contribution in [0.5, 0.6) is 0 Å². The summed E-state index contributed by atoms with van der Waals surface area (Å²) in [4.78, 5) is 30.1. The van der Waals surface area contributed by atoms with Crippen molar-refractivity contribution in [1.82, 2.24) is 5.32 Å². The molecular formula is C24H25N3O3S. The second-order valence-electron chi connectivity index (χ2n) is 7.31. The van der Waals surface area contributed by atoms with Crippen LogP contribution in [0.15, 0.2) is 66.0 Å². The number of carbonyl (C=O) groups excluding carboxylic acids is 2. The van der Waals surface area contributed by atoms with Gasteiger partial charge in [-0.25, -0.2) is 0 Å². The van der Waals surface area contributed by atoms with E-state index < -0.39 is 0 Å². The number of nitrogens with one attached hydrogen (secondary N) is 1. The van der Waals surface area contributed by atoms with E-state index in [4.69, 9.17) is 4.74 Å². The monoisotopic (exact) mass is 435 g/mol. The summed E-state index contributed by atoms with van der Waals surface area (Å²) in [5, 5.41) is 4.84. The summed E-state index contributed by atoms with van der Waals surface area (Å²) in [5.41, 5.74) is 3.24. The van der Waals surface area contributed by atoms with Crippen molar-refractivity contribution in [3.05, 3.63) is 82.0 Å². The third kappa shape index (κ3) is 4.95. The van der Waals surface area contributed by atoms with Crippen LogP contribution in [-0.2, 0) is 11.3 Å². The summed E-state index contributed by atoms with van der Waals surface area (Å²) in [6.45, 7) is 3.70. The highest BCUT2D eigenvalue weighted by molar-refractivity contribution is 7.12. The number of rotatable bonds is 6. The second kappa shape index (κ2) is 9.76. The minimum absolute atomic E-state index is 0.131. The van der Waals surface area contributed by atoms with Crippen molar-refractivity contribution >= 4 is 34.5 Å². The number of nitrogens with zero attached hydrogens (tertiary/aromatic N) is 2. The number of ether oxygens (including phenoxy) is 1. The number of hydrogen-bond donors (Lipinski definition) is 1. The first-order valence-corrected chi connectivity index (χ1v) is 11.1. The summed E-state index contributed by atoms with van der Waals surface area (Å²) >= 11 is 1.38. The third-order valence-electron chi connectivity index (χ3n) is 5.31. The van der Waals surface area contributed by atoms with E-state index in [1.807, 2.05) is 29.6 Å². The van der Waals surface area contributed by atoms with Gasteiger partial charge in [0.15, 0.2) is 0 Å².